The van der Waals surface area contributed by atoms with Gasteiger partial charge in [0.05, 0.1) is 0 Å². The van der Waals surface area contributed by atoms with Gasteiger partial charge in [-0.2, -0.15) is 0 Å². The third-order valence-electron chi connectivity index (χ3n) is 3.23. The minimum atomic E-state index is -0.496. The molecular formula is C16H37N5O2. The molecule has 0 heterocycles. The van der Waals surface area contributed by atoms with Crippen LogP contribution in [0, 0.1) is 0 Å². The van der Waals surface area contributed by atoms with Gasteiger partial charge in [0.15, 0.2) is 0 Å². The molecule has 0 aromatic heterocycles. The number of primary amides is 2. The fourth-order valence-electron chi connectivity index (χ4n) is 1.87. The van der Waals surface area contributed by atoms with Gasteiger partial charge in [-0.05, 0) is 51.9 Å². The van der Waals surface area contributed by atoms with Crippen molar-refractivity contribution in [2.45, 2.75) is 64.2 Å². The quantitative estimate of drug-likeness (QED) is 0.274. The molecule has 7 nitrogen and oxygen atoms in total. The van der Waals surface area contributed by atoms with Crippen LogP contribution in [0.25, 0.3) is 0 Å². The first-order chi connectivity index (χ1) is 11.0. The van der Waals surface area contributed by atoms with Crippen molar-refractivity contribution in [1.29, 1.82) is 0 Å². The fourth-order valence-corrected chi connectivity index (χ4v) is 1.87. The van der Waals surface area contributed by atoms with Crippen molar-refractivity contribution >= 4 is 11.8 Å². The van der Waals surface area contributed by atoms with E-state index < -0.39 is 11.8 Å². The van der Waals surface area contributed by atoms with Crippen molar-refractivity contribution in [2.75, 3.05) is 26.2 Å². The Labute approximate surface area is 140 Å². The van der Waals surface area contributed by atoms with Gasteiger partial charge in [0.1, 0.15) is 0 Å². The Morgan fingerprint density at radius 2 is 0.957 bits per heavy atom. The average molecular weight is 332 g/mol. The van der Waals surface area contributed by atoms with E-state index in [9.17, 15) is 9.59 Å². The number of rotatable bonds is 15. The summed E-state index contributed by atoms with van der Waals surface area (Å²) in [6.07, 6.45) is 10.3. The van der Waals surface area contributed by atoms with Crippen LogP contribution in [0.4, 0.5) is 0 Å². The van der Waals surface area contributed by atoms with E-state index in [0.29, 0.717) is 0 Å². The first-order valence-corrected chi connectivity index (χ1v) is 8.72. The minimum absolute atomic E-state index is 0.0509. The zero-order valence-corrected chi connectivity index (χ0v) is 14.5. The van der Waals surface area contributed by atoms with E-state index in [1.807, 2.05) is 0 Å². The number of nitrogens with two attached hydrogens (primary N) is 4. The summed E-state index contributed by atoms with van der Waals surface area (Å²) >= 11 is 0. The number of nitrogens with one attached hydrogen (secondary N) is 1. The smallest absolute Gasteiger partial charge is 0.217 e. The minimum Gasteiger partial charge on any atom is -0.370 e. The van der Waals surface area contributed by atoms with Crippen molar-refractivity contribution in [2.24, 2.45) is 22.9 Å². The lowest BCUT2D eigenvalue weighted by Crippen LogP contribution is -2.16. The molecule has 138 valence electrons. The number of amides is 2. The molecule has 0 aliphatic carbocycles. The van der Waals surface area contributed by atoms with Crippen molar-refractivity contribution in [3.05, 3.63) is 0 Å². The molecule has 0 unspecified atom stereocenters. The standard InChI is InChI=1S/C12H29N3.C4H8N2O2/c13-9-5-1-3-7-11-15-12-8-4-2-6-10-14;5-3(7)1-2-4(6)8/h15H,1-14H2;1-2H2,(H2,5,7)(H2,6,8). The molecule has 0 saturated heterocycles. The second kappa shape index (κ2) is 20.8. The maximum Gasteiger partial charge on any atom is 0.217 e. The first-order valence-electron chi connectivity index (χ1n) is 8.72. The highest BCUT2D eigenvalue weighted by Gasteiger charge is 1.96. The topological polar surface area (TPSA) is 150 Å². The highest BCUT2D eigenvalue weighted by atomic mass is 16.2. The van der Waals surface area contributed by atoms with Crippen LogP contribution in [0.2, 0.25) is 0 Å². The van der Waals surface area contributed by atoms with Gasteiger partial charge in [0, 0.05) is 12.8 Å². The van der Waals surface area contributed by atoms with Gasteiger partial charge in [0.2, 0.25) is 11.8 Å². The molecular weight excluding hydrogens is 294 g/mol. The summed E-state index contributed by atoms with van der Waals surface area (Å²) in [6.45, 7) is 4.02. The van der Waals surface area contributed by atoms with Crippen LogP contribution >= 0.6 is 0 Å². The van der Waals surface area contributed by atoms with Crippen molar-refractivity contribution < 1.29 is 9.59 Å². The molecule has 0 rings (SSSR count). The van der Waals surface area contributed by atoms with Gasteiger partial charge < -0.3 is 28.3 Å². The molecule has 0 radical (unpaired) electrons. The molecule has 0 aliphatic heterocycles. The summed E-state index contributed by atoms with van der Waals surface area (Å²) in [6, 6.07) is 0. The van der Waals surface area contributed by atoms with Crippen LogP contribution in [0.15, 0.2) is 0 Å². The lowest BCUT2D eigenvalue weighted by atomic mass is 10.2. The average Bonchev–Trinajstić information content (AvgIpc) is 2.51. The summed E-state index contributed by atoms with van der Waals surface area (Å²) in [5.41, 5.74) is 20.2. The summed E-state index contributed by atoms with van der Waals surface area (Å²) < 4.78 is 0. The zero-order chi connectivity index (χ0) is 17.8. The summed E-state index contributed by atoms with van der Waals surface area (Å²) in [4.78, 5) is 19.8. The van der Waals surface area contributed by atoms with Crippen LogP contribution < -0.4 is 28.3 Å². The zero-order valence-electron chi connectivity index (χ0n) is 14.5. The Bertz CT molecular complexity index is 249. The predicted octanol–water partition coefficient (Wildman–Crippen LogP) is 0.351. The Hall–Kier alpha value is -1.18. The second-order valence-electron chi connectivity index (χ2n) is 5.59. The van der Waals surface area contributed by atoms with E-state index in [1.54, 1.807) is 0 Å². The first kappa shape index (κ1) is 24.1. The molecule has 7 heteroatoms. The van der Waals surface area contributed by atoms with Crippen molar-refractivity contribution in [3.8, 4) is 0 Å². The van der Waals surface area contributed by atoms with E-state index in [1.165, 1.54) is 64.5 Å². The van der Waals surface area contributed by atoms with E-state index >= 15 is 0 Å². The highest BCUT2D eigenvalue weighted by Crippen LogP contribution is 1.99. The number of hydrogen-bond acceptors (Lipinski definition) is 5. The maximum absolute atomic E-state index is 9.92. The molecule has 0 bridgehead atoms. The third-order valence-corrected chi connectivity index (χ3v) is 3.23. The summed E-state index contributed by atoms with van der Waals surface area (Å²) in [7, 11) is 0. The van der Waals surface area contributed by atoms with Gasteiger partial charge in [-0.1, -0.05) is 25.7 Å². The predicted molar refractivity (Wildman–Crippen MR) is 95.5 cm³/mol. The molecule has 2 amide bonds. The summed E-state index contributed by atoms with van der Waals surface area (Å²) in [5.74, 6) is -0.993. The Morgan fingerprint density at radius 1 is 0.609 bits per heavy atom. The number of carbonyl (C=O) groups excluding carboxylic acids is 2. The van der Waals surface area contributed by atoms with E-state index in [0.717, 1.165) is 13.1 Å². The van der Waals surface area contributed by atoms with Gasteiger partial charge >= 0.3 is 0 Å². The van der Waals surface area contributed by atoms with Crippen LogP contribution in [0.3, 0.4) is 0 Å². The van der Waals surface area contributed by atoms with E-state index in [-0.39, 0.29) is 12.8 Å². The monoisotopic (exact) mass is 331 g/mol. The Kier molecular flexibility index (Phi) is 21.8. The highest BCUT2D eigenvalue weighted by molar-refractivity contribution is 5.81. The largest absolute Gasteiger partial charge is 0.370 e. The molecule has 9 N–H and O–H groups in total. The van der Waals surface area contributed by atoms with E-state index in [4.69, 9.17) is 22.9 Å². The molecule has 0 saturated carbocycles. The summed E-state index contributed by atoms with van der Waals surface area (Å²) in [5, 5.41) is 3.48. The van der Waals surface area contributed by atoms with Crippen LogP contribution in [-0.4, -0.2) is 38.0 Å². The number of unbranched alkanes of at least 4 members (excludes halogenated alkanes) is 6. The van der Waals surface area contributed by atoms with Crippen molar-refractivity contribution in [1.82, 2.24) is 5.32 Å². The lowest BCUT2D eigenvalue weighted by molar-refractivity contribution is -0.123. The molecule has 0 aromatic carbocycles. The van der Waals surface area contributed by atoms with Crippen LogP contribution in [-0.2, 0) is 9.59 Å². The van der Waals surface area contributed by atoms with Crippen LogP contribution in [0.5, 0.6) is 0 Å². The molecule has 0 aliphatic rings. The molecule has 23 heavy (non-hydrogen) atoms. The van der Waals surface area contributed by atoms with Gasteiger partial charge in [0.25, 0.3) is 0 Å². The SMILES string of the molecule is NC(=O)CCC(N)=O.NCCCCCCNCCCCCCN. The normalized spacial score (nSPS) is 10.0. The molecule has 0 atom stereocenters. The second-order valence-corrected chi connectivity index (χ2v) is 5.59. The number of hydrogen-bond donors (Lipinski definition) is 5. The Morgan fingerprint density at radius 3 is 1.26 bits per heavy atom. The maximum atomic E-state index is 9.92. The van der Waals surface area contributed by atoms with Gasteiger partial charge in [-0.3, -0.25) is 9.59 Å². The molecule has 0 spiro atoms. The lowest BCUT2D eigenvalue weighted by Gasteiger charge is -2.04. The molecule has 0 aromatic rings. The van der Waals surface area contributed by atoms with Gasteiger partial charge in [-0.15, -0.1) is 0 Å². The van der Waals surface area contributed by atoms with Crippen LogP contribution in [0.1, 0.15) is 64.2 Å². The van der Waals surface area contributed by atoms with Crippen molar-refractivity contribution in [3.63, 3.8) is 0 Å². The van der Waals surface area contributed by atoms with Gasteiger partial charge in [-0.25, -0.2) is 0 Å². The third kappa shape index (κ3) is 29.5. The van der Waals surface area contributed by atoms with E-state index in [2.05, 4.69) is 5.32 Å². The number of carbonyl (C=O) groups is 2. The molecule has 0 fully saturated rings. The Balaban J connectivity index is 0. The fraction of sp³-hybridized carbons (Fsp3) is 0.875.